The van der Waals surface area contributed by atoms with Crippen LogP contribution < -0.4 is 14.8 Å². The number of thioether (sulfide) groups is 1. The summed E-state index contributed by atoms with van der Waals surface area (Å²) in [6.07, 6.45) is 0. The Labute approximate surface area is 190 Å². The van der Waals surface area contributed by atoms with Gasteiger partial charge in [-0.1, -0.05) is 42.1 Å². The van der Waals surface area contributed by atoms with Gasteiger partial charge >= 0.3 is 0 Å². The zero-order valence-electron chi connectivity index (χ0n) is 17.8. The molecule has 0 aliphatic rings. The molecule has 0 atom stereocenters. The van der Waals surface area contributed by atoms with Crippen LogP contribution in [0, 0.1) is 0 Å². The van der Waals surface area contributed by atoms with Crippen molar-refractivity contribution in [3.05, 3.63) is 60.7 Å². The fraction of sp³-hybridized carbons (Fsp3) is 0.208. The number of carbonyl (C=O) groups is 1. The molecule has 0 aliphatic heterocycles. The summed E-state index contributed by atoms with van der Waals surface area (Å²) in [4.78, 5) is 12.5. The highest BCUT2D eigenvalue weighted by atomic mass is 32.2. The normalized spacial score (nSPS) is 10.8. The molecule has 4 aromatic rings. The maximum Gasteiger partial charge on any atom is 0.277 e. The zero-order chi connectivity index (χ0) is 22.3. The zero-order valence-corrected chi connectivity index (χ0v) is 18.6. The van der Waals surface area contributed by atoms with E-state index in [-0.39, 0.29) is 11.7 Å². The average molecular weight is 450 g/mol. The second-order valence-electron chi connectivity index (χ2n) is 6.80. The fourth-order valence-electron chi connectivity index (χ4n) is 3.17. The molecule has 4 rings (SSSR count). The Morgan fingerprint density at radius 1 is 0.969 bits per heavy atom. The first-order valence-electron chi connectivity index (χ1n) is 10.3. The molecule has 1 heterocycles. The Kier molecular flexibility index (Phi) is 6.91. The molecule has 32 heavy (non-hydrogen) atoms. The number of benzene rings is 3. The van der Waals surface area contributed by atoms with Gasteiger partial charge in [-0.2, -0.15) is 0 Å². The number of ether oxygens (including phenoxy) is 2. The van der Waals surface area contributed by atoms with Gasteiger partial charge in [0.15, 0.2) is 0 Å². The van der Waals surface area contributed by atoms with Crippen LogP contribution >= 0.6 is 11.8 Å². The van der Waals surface area contributed by atoms with E-state index in [0.29, 0.717) is 41.5 Å². The fourth-order valence-corrected chi connectivity index (χ4v) is 3.73. The van der Waals surface area contributed by atoms with Crippen LogP contribution in [-0.4, -0.2) is 35.1 Å². The van der Waals surface area contributed by atoms with Crippen LogP contribution in [0.5, 0.6) is 11.5 Å². The molecule has 164 valence electrons. The van der Waals surface area contributed by atoms with Crippen LogP contribution in [-0.2, 0) is 4.79 Å². The monoisotopic (exact) mass is 449 g/mol. The highest BCUT2D eigenvalue weighted by Crippen LogP contribution is 2.30. The first kappa shape index (κ1) is 21.7. The lowest BCUT2D eigenvalue weighted by atomic mass is 10.1. The molecule has 1 amide bonds. The van der Waals surface area contributed by atoms with Gasteiger partial charge in [0.25, 0.3) is 5.22 Å². The molecule has 1 N–H and O–H groups in total. The van der Waals surface area contributed by atoms with E-state index in [1.54, 1.807) is 12.1 Å². The number of aromatic nitrogens is 2. The highest BCUT2D eigenvalue weighted by molar-refractivity contribution is 7.99. The molecule has 0 radical (unpaired) electrons. The van der Waals surface area contributed by atoms with E-state index in [1.807, 2.05) is 62.4 Å². The summed E-state index contributed by atoms with van der Waals surface area (Å²) >= 11 is 1.18. The van der Waals surface area contributed by atoms with Crippen molar-refractivity contribution >= 4 is 34.1 Å². The van der Waals surface area contributed by atoms with Crippen molar-refractivity contribution in [1.29, 1.82) is 0 Å². The number of anilines is 1. The van der Waals surface area contributed by atoms with Crippen molar-refractivity contribution in [1.82, 2.24) is 10.2 Å². The van der Waals surface area contributed by atoms with Crippen LogP contribution in [0.15, 0.2) is 70.3 Å². The van der Waals surface area contributed by atoms with E-state index < -0.39 is 0 Å². The Morgan fingerprint density at radius 2 is 1.78 bits per heavy atom. The Balaban J connectivity index is 1.40. The molecular formula is C24H23N3O4S. The molecule has 8 heteroatoms. The number of nitrogens with zero attached hydrogens (tertiary/aromatic N) is 2. The van der Waals surface area contributed by atoms with Crippen LogP contribution in [0.2, 0.25) is 0 Å². The van der Waals surface area contributed by atoms with Crippen molar-refractivity contribution < 1.29 is 18.7 Å². The predicted molar refractivity (Wildman–Crippen MR) is 125 cm³/mol. The van der Waals surface area contributed by atoms with Gasteiger partial charge in [-0.15, -0.1) is 10.2 Å². The Hall–Kier alpha value is -3.52. The summed E-state index contributed by atoms with van der Waals surface area (Å²) in [5.41, 5.74) is 1.40. The smallest absolute Gasteiger partial charge is 0.277 e. The molecule has 0 saturated heterocycles. The molecule has 3 aromatic carbocycles. The van der Waals surface area contributed by atoms with Crippen molar-refractivity contribution in [2.75, 3.05) is 24.3 Å². The molecule has 7 nitrogen and oxygen atoms in total. The lowest BCUT2D eigenvalue weighted by Crippen LogP contribution is -2.15. The minimum atomic E-state index is -0.213. The number of amides is 1. The van der Waals surface area contributed by atoms with E-state index in [9.17, 15) is 4.79 Å². The lowest BCUT2D eigenvalue weighted by molar-refractivity contribution is -0.113. The second kappa shape index (κ2) is 10.2. The van der Waals surface area contributed by atoms with Crippen LogP contribution in [0.3, 0.4) is 0 Å². The number of hydrogen-bond donors (Lipinski definition) is 1. The van der Waals surface area contributed by atoms with Gasteiger partial charge in [0, 0.05) is 11.6 Å². The van der Waals surface area contributed by atoms with Crippen molar-refractivity contribution in [3.63, 3.8) is 0 Å². The molecule has 0 unspecified atom stereocenters. The second-order valence-corrected chi connectivity index (χ2v) is 7.72. The standard InChI is InChI=1S/C24H23N3O4S/c1-3-29-19-11-12-21(30-4-2)20(14-19)25-22(28)15-32-24-27-26-23(31-24)18-10-9-16-7-5-6-8-17(16)13-18/h5-14H,3-4,15H2,1-2H3,(H,25,28). The first-order valence-corrected chi connectivity index (χ1v) is 11.3. The Morgan fingerprint density at radius 3 is 2.59 bits per heavy atom. The Bertz CT molecular complexity index is 1220. The van der Waals surface area contributed by atoms with Gasteiger partial charge in [-0.25, -0.2) is 0 Å². The van der Waals surface area contributed by atoms with Crippen molar-refractivity contribution in [3.8, 4) is 23.0 Å². The summed E-state index contributed by atoms with van der Waals surface area (Å²) < 4.78 is 16.9. The van der Waals surface area contributed by atoms with E-state index in [4.69, 9.17) is 13.9 Å². The summed E-state index contributed by atoms with van der Waals surface area (Å²) in [5, 5.41) is 13.6. The maximum absolute atomic E-state index is 12.5. The summed E-state index contributed by atoms with van der Waals surface area (Å²) in [6.45, 7) is 4.82. The molecule has 0 saturated carbocycles. The quantitative estimate of drug-likeness (QED) is 0.342. The molecule has 0 aliphatic carbocycles. The third kappa shape index (κ3) is 5.20. The van der Waals surface area contributed by atoms with Gasteiger partial charge in [-0.05, 0) is 48.9 Å². The van der Waals surface area contributed by atoms with Crippen molar-refractivity contribution in [2.45, 2.75) is 19.1 Å². The van der Waals surface area contributed by atoms with Crippen LogP contribution in [0.1, 0.15) is 13.8 Å². The van der Waals surface area contributed by atoms with Gasteiger partial charge in [-0.3, -0.25) is 4.79 Å². The predicted octanol–water partition coefficient (Wildman–Crippen LogP) is 5.42. The average Bonchev–Trinajstić information content (AvgIpc) is 3.28. The number of rotatable bonds is 9. The maximum atomic E-state index is 12.5. The number of carbonyl (C=O) groups excluding carboxylic acids is 1. The summed E-state index contributed by atoms with van der Waals surface area (Å²) in [5.74, 6) is 1.57. The topological polar surface area (TPSA) is 86.5 Å². The van der Waals surface area contributed by atoms with Gasteiger partial charge in [0.2, 0.25) is 11.8 Å². The number of nitrogens with one attached hydrogen (secondary N) is 1. The van der Waals surface area contributed by atoms with Gasteiger partial charge < -0.3 is 19.2 Å². The summed E-state index contributed by atoms with van der Waals surface area (Å²) in [7, 11) is 0. The highest BCUT2D eigenvalue weighted by Gasteiger charge is 2.14. The van der Waals surface area contributed by atoms with E-state index in [1.165, 1.54) is 11.8 Å². The lowest BCUT2D eigenvalue weighted by Gasteiger charge is -2.13. The largest absolute Gasteiger partial charge is 0.494 e. The first-order chi connectivity index (χ1) is 15.7. The van der Waals surface area contributed by atoms with E-state index >= 15 is 0 Å². The molecule has 0 fully saturated rings. The number of hydrogen-bond acceptors (Lipinski definition) is 7. The minimum absolute atomic E-state index is 0.115. The SMILES string of the molecule is CCOc1ccc(OCC)c(NC(=O)CSc2nnc(-c3ccc4ccccc4c3)o2)c1. The molecule has 0 bridgehead atoms. The third-order valence-electron chi connectivity index (χ3n) is 4.57. The minimum Gasteiger partial charge on any atom is -0.494 e. The molecule has 1 aromatic heterocycles. The summed E-state index contributed by atoms with van der Waals surface area (Å²) in [6, 6.07) is 19.4. The van der Waals surface area contributed by atoms with E-state index in [0.717, 1.165) is 16.3 Å². The number of fused-ring (bicyclic) bond motifs is 1. The van der Waals surface area contributed by atoms with Crippen molar-refractivity contribution in [2.24, 2.45) is 0 Å². The third-order valence-corrected chi connectivity index (χ3v) is 5.38. The van der Waals surface area contributed by atoms with Crippen LogP contribution in [0.4, 0.5) is 5.69 Å². The molecule has 0 spiro atoms. The van der Waals surface area contributed by atoms with E-state index in [2.05, 4.69) is 15.5 Å². The van der Waals surface area contributed by atoms with Gasteiger partial charge in [0.05, 0.1) is 24.7 Å². The van der Waals surface area contributed by atoms with Gasteiger partial charge in [0.1, 0.15) is 11.5 Å². The van der Waals surface area contributed by atoms with Crippen LogP contribution in [0.25, 0.3) is 22.2 Å². The molecular weight excluding hydrogens is 426 g/mol.